The van der Waals surface area contributed by atoms with Crippen LogP contribution in [0.1, 0.15) is 13.3 Å². The monoisotopic (exact) mass is 269 g/mol. The van der Waals surface area contributed by atoms with Crippen LogP contribution in [0.5, 0.6) is 0 Å². The van der Waals surface area contributed by atoms with Crippen molar-refractivity contribution in [1.82, 2.24) is 0 Å². The molecule has 2 nitrogen and oxygen atoms in total. The summed E-state index contributed by atoms with van der Waals surface area (Å²) in [6.07, 6.45) is 1.07. The molecule has 96 valence electrons. The first kappa shape index (κ1) is 12.2. The maximum atomic E-state index is 12.5. The summed E-state index contributed by atoms with van der Waals surface area (Å²) in [5.41, 5.74) is 1.15. The first-order chi connectivity index (χ1) is 9.29. The summed E-state index contributed by atoms with van der Waals surface area (Å²) in [5, 5.41) is 4.95. The van der Waals surface area contributed by atoms with Crippen molar-refractivity contribution in [2.24, 2.45) is 0 Å². The molecule has 1 heterocycles. The molecule has 0 atom stereocenters. The van der Waals surface area contributed by atoms with Gasteiger partial charge >= 0.3 is 0 Å². The van der Waals surface area contributed by atoms with Crippen LogP contribution in [-0.4, -0.2) is 6.54 Å². The van der Waals surface area contributed by atoms with Gasteiger partial charge in [0.05, 0.1) is 0 Å². The molecule has 0 bridgehead atoms. The highest BCUT2D eigenvalue weighted by Gasteiger charge is 2.06. The molecule has 0 amide bonds. The molecule has 3 heteroatoms. The van der Waals surface area contributed by atoms with Gasteiger partial charge in [-0.05, 0) is 36.8 Å². The second-order valence-electron chi connectivity index (χ2n) is 4.57. The van der Waals surface area contributed by atoms with Crippen LogP contribution in [-0.2, 0) is 0 Å². The van der Waals surface area contributed by atoms with E-state index in [2.05, 4.69) is 12.2 Å². The molecular weight excluding hydrogens is 254 g/mol. The zero-order chi connectivity index (χ0) is 13.2. The van der Waals surface area contributed by atoms with Crippen molar-refractivity contribution in [2.45, 2.75) is 13.3 Å². The molecule has 0 saturated carbocycles. The zero-order valence-electron chi connectivity index (χ0n) is 10.8. The van der Waals surface area contributed by atoms with Crippen LogP contribution < -0.4 is 10.7 Å². The Morgan fingerprint density at radius 2 is 1.84 bits per heavy atom. The van der Waals surface area contributed by atoms with E-state index >= 15 is 0 Å². The third kappa shape index (κ3) is 2.22. The van der Waals surface area contributed by atoms with Gasteiger partial charge in [-0.15, -0.1) is 11.3 Å². The van der Waals surface area contributed by atoms with Crippen molar-refractivity contribution in [2.75, 3.05) is 11.9 Å². The topological polar surface area (TPSA) is 29.1 Å². The standard InChI is InChI=1S/C16H15NOS/c1-2-9-17-11-7-8-15-13(10-11)16(18)12-5-3-4-6-14(12)19-15/h3-8,10,17H,2,9H2,1H3. The fourth-order valence-electron chi connectivity index (χ4n) is 2.18. The average molecular weight is 269 g/mol. The van der Waals surface area contributed by atoms with Gasteiger partial charge in [0, 0.05) is 32.4 Å². The summed E-state index contributed by atoms with van der Waals surface area (Å²) in [5.74, 6) is 0. The van der Waals surface area contributed by atoms with Crippen LogP contribution in [0.4, 0.5) is 5.69 Å². The molecular formula is C16H15NOS. The van der Waals surface area contributed by atoms with Crippen molar-refractivity contribution in [3.05, 3.63) is 52.7 Å². The first-order valence-electron chi connectivity index (χ1n) is 6.49. The Hall–Kier alpha value is -1.87. The molecule has 3 aromatic rings. The van der Waals surface area contributed by atoms with Crippen molar-refractivity contribution in [3.8, 4) is 0 Å². The van der Waals surface area contributed by atoms with E-state index in [1.165, 1.54) is 0 Å². The molecule has 0 radical (unpaired) electrons. The molecule has 0 aliphatic rings. The molecule has 0 aliphatic carbocycles. The largest absolute Gasteiger partial charge is 0.385 e. The van der Waals surface area contributed by atoms with E-state index in [1.54, 1.807) is 11.3 Å². The number of anilines is 1. The zero-order valence-corrected chi connectivity index (χ0v) is 11.6. The number of hydrogen-bond acceptors (Lipinski definition) is 3. The Balaban J connectivity index is 2.24. The molecule has 19 heavy (non-hydrogen) atoms. The van der Waals surface area contributed by atoms with Crippen LogP contribution in [0.3, 0.4) is 0 Å². The lowest BCUT2D eigenvalue weighted by atomic mass is 10.1. The predicted molar refractivity (Wildman–Crippen MR) is 84.4 cm³/mol. The highest BCUT2D eigenvalue weighted by molar-refractivity contribution is 7.24. The van der Waals surface area contributed by atoms with Gasteiger partial charge in [0.1, 0.15) is 0 Å². The maximum absolute atomic E-state index is 12.5. The Kier molecular flexibility index (Phi) is 3.22. The molecule has 0 saturated heterocycles. The summed E-state index contributed by atoms with van der Waals surface area (Å²) in [6, 6.07) is 13.8. The second kappa shape index (κ2) is 5.02. The predicted octanol–water partition coefficient (Wildman–Crippen LogP) is 4.24. The van der Waals surface area contributed by atoms with Gasteiger partial charge in [0.25, 0.3) is 0 Å². The third-order valence-electron chi connectivity index (χ3n) is 3.15. The van der Waals surface area contributed by atoms with Gasteiger partial charge in [-0.25, -0.2) is 0 Å². The number of hydrogen-bond donors (Lipinski definition) is 1. The minimum atomic E-state index is 0.129. The summed E-state index contributed by atoms with van der Waals surface area (Å²) in [6.45, 7) is 3.05. The lowest BCUT2D eigenvalue weighted by molar-refractivity contribution is 0.980. The smallest absolute Gasteiger partial charge is 0.195 e. The fourth-order valence-corrected chi connectivity index (χ4v) is 3.23. The van der Waals surface area contributed by atoms with E-state index in [4.69, 9.17) is 0 Å². The van der Waals surface area contributed by atoms with Crippen LogP contribution in [0.15, 0.2) is 47.3 Å². The Morgan fingerprint density at radius 1 is 1.05 bits per heavy atom. The third-order valence-corrected chi connectivity index (χ3v) is 4.31. The van der Waals surface area contributed by atoms with Crippen molar-refractivity contribution >= 4 is 37.2 Å². The van der Waals surface area contributed by atoms with Crippen molar-refractivity contribution in [1.29, 1.82) is 0 Å². The van der Waals surface area contributed by atoms with Gasteiger partial charge in [-0.3, -0.25) is 4.79 Å². The van der Waals surface area contributed by atoms with Gasteiger partial charge in [0.2, 0.25) is 0 Å². The summed E-state index contributed by atoms with van der Waals surface area (Å²) < 4.78 is 2.10. The molecule has 0 fully saturated rings. The number of rotatable bonds is 3. The Bertz CT molecular complexity index is 791. The van der Waals surface area contributed by atoms with Gasteiger partial charge in [-0.1, -0.05) is 19.1 Å². The van der Waals surface area contributed by atoms with Crippen LogP contribution in [0.2, 0.25) is 0 Å². The van der Waals surface area contributed by atoms with Gasteiger partial charge < -0.3 is 5.32 Å². The van der Waals surface area contributed by atoms with Gasteiger partial charge in [-0.2, -0.15) is 0 Å². The number of benzene rings is 2. The van der Waals surface area contributed by atoms with Crippen LogP contribution >= 0.6 is 11.3 Å². The first-order valence-corrected chi connectivity index (χ1v) is 7.30. The van der Waals surface area contributed by atoms with Crippen LogP contribution in [0, 0.1) is 0 Å². The lowest BCUT2D eigenvalue weighted by Crippen LogP contribution is -2.03. The number of fused-ring (bicyclic) bond motifs is 2. The highest BCUT2D eigenvalue weighted by atomic mass is 32.1. The van der Waals surface area contributed by atoms with Crippen molar-refractivity contribution < 1.29 is 0 Å². The summed E-state index contributed by atoms with van der Waals surface area (Å²) in [4.78, 5) is 12.5. The highest BCUT2D eigenvalue weighted by Crippen LogP contribution is 2.26. The number of nitrogens with one attached hydrogen (secondary N) is 1. The van der Waals surface area contributed by atoms with E-state index < -0.39 is 0 Å². The minimum absolute atomic E-state index is 0.129. The summed E-state index contributed by atoms with van der Waals surface area (Å²) in [7, 11) is 0. The fraction of sp³-hybridized carbons (Fsp3) is 0.188. The molecule has 1 aromatic heterocycles. The molecule has 1 N–H and O–H groups in total. The van der Waals surface area contributed by atoms with E-state index in [0.717, 1.165) is 38.8 Å². The normalized spacial score (nSPS) is 11.0. The summed E-state index contributed by atoms with van der Waals surface area (Å²) >= 11 is 1.67. The van der Waals surface area contributed by atoms with E-state index in [-0.39, 0.29) is 5.43 Å². The molecule has 2 aromatic carbocycles. The molecule has 0 spiro atoms. The van der Waals surface area contributed by atoms with Crippen LogP contribution in [0.25, 0.3) is 20.2 Å². The van der Waals surface area contributed by atoms with Gasteiger partial charge in [0.15, 0.2) is 5.43 Å². The molecule has 3 rings (SSSR count). The Labute approximate surface area is 115 Å². The van der Waals surface area contributed by atoms with E-state index in [1.807, 2.05) is 42.5 Å². The average Bonchev–Trinajstić information content (AvgIpc) is 2.46. The molecule has 0 unspecified atom stereocenters. The SMILES string of the molecule is CCCNc1ccc2sc3ccccc3c(=O)c2c1. The molecule has 0 aliphatic heterocycles. The van der Waals surface area contributed by atoms with E-state index in [9.17, 15) is 4.79 Å². The van der Waals surface area contributed by atoms with E-state index in [0.29, 0.717) is 0 Å². The minimum Gasteiger partial charge on any atom is -0.385 e. The quantitative estimate of drug-likeness (QED) is 0.721. The Morgan fingerprint density at radius 3 is 2.68 bits per heavy atom. The lowest BCUT2D eigenvalue weighted by Gasteiger charge is -2.06. The van der Waals surface area contributed by atoms with Crippen molar-refractivity contribution in [3.63, 3.8) is 0 Å². The second-order valence-corrected chi connectivity index (χ2v) is 5.65. The maximum Gasteiger partial charge on any atom is 0.195 e.